The maximum atomic E-state index is 13.0. The topological polar surface area (TPSA) is 79.0 Å². The summed E-state index contributed by atoms with van der Waals surface area (Å²) in [5, 5.41) is 3.00. The number of hydrogen-bond acceptors (Lipinski definition) is 5. The van der Waals surface area contributed by atoms with Crippen molar-refractivity contribution in [3.05, 3.63) is 90.0 Å². The van der Waals surface area contributed by atoms with Crippen LogP contribution in [0.15, 0.2) is 78.9 Å². The number of hydrogen-bond donors (Lipinski definition) is 1. The SMILES string of the molecule is CS(=O)(=O)N1CCN(c2ccccc2NC(=O)c2cccc(OCc3ccccc3)c2)CC1. The summed E-state index contributed by atoms with van der Waals surface area (Å²) < 4.78 is 30.9. The van der Waals surface area contributed by atoms with Gasteiger partial charge in [0.1, 0.15) is 12.4 Å². The minimum Gasteiger partial charge on any atom is -0.489 e. The number of piperazine rings is 1. The molecule has 3 aromatic carbocycles. The zero-order chi connectivity index (χ0) is 23.3. The number of sulfonamides is 1. The maximum absolute atomic E-state index is 13.0. The van der Waals surface area contributed by atoms with Crippen molar-refractivity contribution in [2.24, 2.45) is 0 Å². The molecule has 0 spiro atoms. The fraction of sp³-hybridized carbons (Fsp3) is 0.240. The van der Waals surface area contributed by atoms with Crippen molar-refractivity contribution >= 4 is 27.3 Å². The largest absolute Gasteiger partial charge is 0.489 e. The Labute approximate surface area is 194 Å². The number of ether oxygens (including phenoxy) is 1. The highest BCUT2D eigenvalue weighted by Gasteiger charge is 2.25. The number of nitrogens with one attached hydrogen (secondary N) is 1. The number of benzene rings is 3. The van der Waals surface area contributed by atoms with Crippen molar-refractivity contribution in [2.75, 3.05) is 42.7 Å². The third kappa shape index (κ3) is 5.91. The van der Waals surface area contributed by atoms with E-state index in [2.05, 4.69) is 10.2 Å². The summed E-state index contributed by atoms with van der Waals surface area (Å²) >= 11 is 0. The van der Waals surface area contributed by atoms with Crippen LogP contribution < -0.4 is 15.0 Å². The van der Waals surface area contributed by atoms with Crippen LogP contribution in [0.5, 0.6) is 5.75 Å². The summed E-state index contributed by atoms with van der Waals surface area (Å²) in [6.45, 7) is 2.38. The average Bonchev–Trinajstić information content (AvgIpc) is 2.83. The lowest BCUT2D eigenvalue weighted by atomic mass is 10.1. The Bertz CT molecular complexity index is 1210. The van der Waals surface area contributed by atoms with Crippen LogP contribution in [0.4, 0.5) is 11.4 Å². The van der Waals surface area contributed by atoms with Crippen molar-refractivity contribution in [3.63, 3.8) is 0 Å². The Morgan fingerprint density at radius 1 is 0.909 bits per heavy atom. The van der Waals surface area contributed by atoms with Gasteiger partial charge in [0.25, 0.3) is 5.91 Å². The van der Waals surface area contributed by atoms with E-state index in [1.54, 1.807) is 18.2 Å². The van der Waals surface area contributed by atoms with E-state index < -0.39 is 10.0 Å². The fourth-order valence-electron chi connectivity index (χ4n) is 3.78. The molecule has 1 aliphatic heterocycles. The van der Waals surface area contributed by atoms with Gasteiger partial charge in [0.2, 0.25) is 10.0 Å². The molecule has 172 valence electrons. The van der Waals surface area contributed by atoms with E-state index in [4.69, 9.17) is 4.74 Å². The molecular formula is C25H27N3O4S. The molecule has 1 heterocycles. The van der Waals surface area contributed by atoms with Crippen LogP contribution in [0.1, 0.15) is 15.9 Å². The molecule has 1 aliphatic rings. The predicted octanol–water partition coefficient (Wildman–Crippen LogP) is 3.60. The monoisotopic (exact) mass is 465 g/mol. The number of carbonyl (C=O) groups excluding carboxylic acids is 1. The highest BCUT2D eigenvalue weighted by atomic mass is 32.2. The summed E-state index contributed by atoms with van der Waals surface area (Å²) in [5.74, 6) is 0.388. The lowest BCUT2D eigenvalue weighted by Crippen LogP contribution is -2.48. The molecule has 1 amide bonds. The molecule has 4 rings (SSSR count). The van der Waals surface area contributed by atoms with E-state index in [9.17, 15) is 13.2 Å². The number of nitrogens with zero attached hydrogens (tertiary/aromatic N) is 2. The summed E-state index contributed by atoms with van der Waals surface area (Å²) in [6.07, 6.45) is 1.23. The van der Waals surface area contributed by atoms with Crippen molar-refractivity contribution in [1.29, 1.82) is 0 Å². The van der Waals surface area contributed by atoms with Crippen molar-refractivity contribution in [2.45, 2.75) is 6.61 Å². The van der Waals surface area contributed by atoms with Gasteiger partial charge in [-0.1, -0.05) is 48.5 Å². The number of rotatable bonds is 7. The van der Waals surface area contributed by atoms with Crippen LogP contribution >= 0.6 is 0 Å². The second-order valence-electron chi connectivity index (χ2n) is 7.92. The smallest absolute Gasteiger partial charge is 0.255 e. The number of carbonyl (C=O) groups is 1. The van der Waals surface area contributed by atoms with Gasteiger partial charge in [0, 0.05) is 31.7 Å². The third-order valence-corrected chi connectivity index (χ3v) is 6.85. The number of para-hydroxylation sites is 2. The van der Waals surface area contributed by atoms with Crippen LogP contribution in [-0.4, -0.2) is 51.1 Å². The molecule has 7 nitrogen and oxygen atoms in total. The predicted molar refractivity (Wildman–Crippen MR) is 130 cm³/mol. The van der Waals surface area contributed by atoms with Gasteiger partial charge < -0.3 is 15.0 Å². The van der Waals surface area contributed by atoms with Crippen LogP contribution in [0.3, 0.4) is 0 Å². The van der Waals surface area contributed by atoms with Gasteiger partial charge in [-0.25, -0.2) is 8.42 Å². The van der Waals surface area contributed by atoms with E-state index >= 15 is 0 Å². The normalized spacial score (nSPS) is 14.6. The van der Waals surface area contributed by atoms with Gasteiger partial charge >= 0.3 is 0 Å². The molecule has 1 saturated heterocycles. The molecule has 1 N–H and O–H groups in total. The van der Waals surface area contributed by atoms with E-state index in [0.29, 0.717) is 49.8 Å². The molecule has 3 aromatic rings. The Morgan fingerprint density at radius 3 is 2.33 bits per heavy atom. The van der Waals surface area contributed by atoms with Gasteiger partial charge in [-0.15, -0.1) is 0 Å². The standard InChI is InChI=1S/C25H27N3O4S/c1-33(30,31)28-16-14-27(15-17-28)24-13-6-5-12-23(24)26-25(29)21-10-7-11-22(18-21)32-19-20-8-3-2-4-9-20/h2-13,18H,14-17,19H2,1H3,(H,26,29). The Morgan fingerprint density at radius 2 is 1.61 bits per heavy atom. The van der Waals surface area contributed by atoms with Crippen LogP contribution in [-0.2, 0) is 16.6 Å². The zero-order valence-corrected chi connectivity index (χ0v) is 19.3. The summed E-state index contributed by atoms with van der Waals surface area (Å²) in [4.78, 5) is 15.1. The highest BCUT2D eigenvalue weighted by Crippen LogP contribution is 2.28. The third-order valence-electron chi connectivity index (χ3n) is 5.55. The van der Waals surface area contributed by atoms with Gasteiger partial charge in [-0.05, 0) is 35.9 Å². The van der Waals surface area contributed by atoms with E-state index in [-0.39, 0.29) is 5.91 Å². The van der Waals surface area contributed by atoms with Gasteiger partial charge in [-0.3, -0.25) is 4.79 Å². The molecule has 8 heteroatoms. The fourth-order valence-corrected chi connectivity index (χ4v) is 4.60. The van der Waals surface area contributed by atoms with Crippen LogP contribution in [0, 0.1) is 0 Å². The minimum atomic E-state index is -3.20. The Balaban J connectivity index is 1.43. The van der Waals surface area contributed by atoms with Crippen LogP contribution in [0.2, 0.25) is 0 Å². The second-order valence-corrected chi connectivity index (χ2v) is 9.90. The van der Waals surface area contributed by atoms with E-state index in [1.165, 1.54) is 10.6 Å². The maximum Gasteiger partial charge on any atom is 0.255 e. The van der Waals surface area contributed by atoms with E-state index in [1.807, 2.05) is 60.7 Å². The zero-order valence-electron chi connectivity index (χ0n) is 18.5. The number of amides is 1. The molecule has 0 atom stereocenters. The van der Waals surface area contributed by atoms with Crippen molar-refractivity contribution in [3.8, 4) is 5.75 Å². The first-order valence-corrected chi connectivity index (χ1v) is 12.6. The quantitative estimate of drug-likeness (QED) is 0.577. The molecule has 0 radical (unpaired) electrons. The second kappa shape index (κ2) is 10.1. The number of anilines is 2. The lowest BCUT2D eigenvalue weighted by Gasteiger charge is -2.35. The van der Waals surface area contributed by atoms with Crippen molar-refractivity contribution < 1.29 is 17.9 Å². The summed E-state index contributed by atoms with van der Waals surface area (Å²) in [7, 11) is -3.20. The first-order chi connectivity index (χ1) is 15.9. The molecule has 1 fully saturated rings. The molecule has 33 heavy (non-hydrogen) atoms. The van der Waals surface area contributed by atoms with E-state index in [0.717, 1.165) is 11.3 Å². The molecule has 0 saturated carbocycles. The average molecular weight is 466 g/mol. The van der Waals surface area contributed by atoms with Gasteiger partial charge in [0.15, 0.2) is 0 Å². The van der Waals surface area contributed by atoms with Crippen LogP contribution in [0.25, 0.3) is 0 Å². The minimum absolute atomic E-state index is 0.234. The summed E-state index contributed by atoms with van der Waals surface area (Å²) in [6, 6.07) is 24.5. The van der Waals surface area contributed by atoms with Gasteiger partial charge in [-0.2, -0.15) is 4.31 Å². The first-order valence-electron chi connectivity index (χ1n) is 10.8. The lowest BCUT2D eigenvalue weighted by molar-refractivity contribution is 0.102. The Hall–Kier alpha value is -3.36. The highest BCUT2D eigenvalue weighted by molar-refractivity contribution is 7.88. The van der Waals surface area contributed by atoms with Crippen molar-refractivity contribution in [1.82, 2.24) is 4.31 Å². The van der Waals surface area contributed by atoms with Gasteiger partial charge in [0.05, 0.1) is 17.6 Å². The molecular weight excluding hydrogens is 438 g/mol. The Kier molecular flexibility index (Phi) is 6.96. The molecule has 0 bridgehead atoms. The summed E-state index contributed by atoms with van der Waals surface area (Å²) in [5.41, 5.74) is 3.11. The first kappa shape index (κ1) is 22.8. The molecule has 0 aromatic heterocycles. The molecule has 0 aliphatic carbocycles. The molecule has 0 unspecified atom stereocenters.